The van der Waals surface area contributed by atoms with Crippen molar-refractivity contribution >= 4 is 48.5 Å². The minimum absolute atomic E-state index is 0.0950. The predicted octanol–water partition coefficient (Wildman–Crippen LogP) is 5.91. The molecule has 0 aliphatic carbocycles. The first-order valence-electron chi connectivity index (χ1n) is 8.70. The van der Waals surface area contributed by atoms with Gasteiger partial charge in [0.2, 0.25) is 0 Å². The molecule has 6 heteroatoms. The highest BCUT2D eigenvalue weighted by Crippen LogP contribution is 2.33. The number of hydrogen-bond donors (Lipinski definition) is 0. The summed E-state index contributed by atoms with van der Waals surface area (Å²) >= 11 is 4.98. The van der Waals surface area contributed by atoms with Crippen molar-refractivity contribution in [2.45, 2.75) is 6.54 Å². The summed E-state index contributed by atoms with van der Waals surface area (Å²) in [5.41, 5.74) is 2.49. The molecular weight excluding hydrogens is 436 g/mol. The Kier molecular flexibility index (Phi) is 5.41. The van der Waals surface area contributed by atoms with Crippen LogP contribution >= 0.6 is 27.3 Å². The van der Waals surface area contributed by atoms with Gasteiger partial charge in [0.25, 0.3) is 5.91 Å². The van der Waals surface area contributed by atoms with Crippen LogP contribution in [0.2, 0.25) is 0 Å². The summed E-state index contributed by atoms with van der Waals surface area (Å²) in [4.78, 5) is 19.9. The Balaban J connectivity index is 1.78. The monoisotopic (exact) mass is 452 g/mol. The molecule has 0 aliphatic rings. The van der Waals surface area contributed by atoms with Gasteiger partial charge < -0.3 is 4.74 Å². The molecule has 28 heavy (non-hydrogen) atoms. The van der Waals surface area contributed by atoms with Crippen LogP contribution in [0.5, 0.6) is 5.75 Å². The first-order chi connectivity index (χ1) is 13.7. The van der Waals surface area contributed by atoms with Gasteiger partial charge in [-0.15, -0.1) is 0 Å². The van der Waals surface area contributed by atoms with Crippen LogP contribution < -0.4 is 9.64 Å². The number of methoxy groups -OCH3 is 1. The molecule has 0 aliphatic heterocycles. The van der Waals surface area contributed by atoms with Gasteiger partial charge >= 0.3 is 0 Å². The fourth-order valence-corrected chi connectivity index (χ4v) is 4.35. The summed E-state index contributed by atoms with van der Waals surface area (Å²) < 4.78 is 7.06. The topological polar surface area (TPSA) is 42.4 Å². The van der Waals surface area contributed by atoms with Crippen molar-refractivity contribution in [2.24, 2.45) is 0 Å². The second kappa shape index (κ2) is 8.12. The number of carbonyl (C=O) groups is 1. The third-order valence-electron chi connectivity index (χ3n) is 4.35. The van der Waals surface area contributed by atoms with Crippen molar-refractivity contribution in [3.05, 3.63) is 88.4 Å². The SMILES string of the molecule is COc1ccc2nc(N(Cc3ccccc3)C(=O)c3ccccc3Br)sc2c1. The highest BCUT2D eigenvalue weighted by molar-refractivity contribution is 9.10. The van der Waals surface area contributed by atoms with Crippen LogP contribution in [0.15, 0.2) is 77.3 Å². The lowest BCUT2D eigenvalue weighted by Gasteiger charge is -2.20. The lowest BCUT2D eigenvalue weighted by Crippen LogP contribution is -2.30. The number of benzene rings is 3. The molecule has 0 atom stereocenters. The van der Waals surface area contributed by atoms with E-state index in [1.807, 2.05) is 72.8 Å². The highest BCUT2D eigenvalue weighted by atomic mass is 79.9. The van der Waals surface area contributed by atoms with E-state index in [4.69, 9.17) is 9.72 Å². The fourth-order valence-electron chi connectivity index (χ4n) is 2.91. The summed E-state index contributed by atoms with van der Waals surface area (Å²) in [6.07, 6.45) is 0. The molecule has 1 aromatic heterocycles. The van der Waals surface area contributed by atoms with E-state index in [0.29, 0.717) is 17.2 Å². The molecular formula is C22H17BrN2O2S. The number of halogens is 1. The van der Waals surface area contributed by atoms with Crippen LogP contribution in [0.1, 0.15) is 15.9 Å². The molecule has 140 valence electrons. The van der Waals surface area contributed by atoms with Gasteiger partial charge in [-0.25, -0.2) is 4.98 Å². The number of rotatable bonds is 5. The van der Waals surface area contributed by atoms with E-state index in [0.717, 1.165) is 26.0 Å². The van der Waals surface area contributed by atoms with E-state index in [1.54, 1.807) is 12.0 Å². The van der Waals surface area contributed by atoms with E-state index < -0.39 is 0 Å². The zero-order valence-electron chi connectivity index (χ0n) is 15.1. The van der Waals surface area contributed by atoms with Crippen LogP contribution in [0, 0.1) is 0 Å². The van der Waals surface area contributed by atoms with Crippen LogP contribution in [0.3, 0.4) is 0 Å². The molecule has 4 rings (SSSR count). The van der Waals surface area contributed by atoms with E-state index in [1.165, 1.54) is 11.3 Å². The number of amides is 1. The predicted molar refractivity (Wildman–Crippen MR) is 117 cm³/mol. The third-order valence-corrected chi connectivity index (χ3v) is 6.08. The largest absolute Gasteiger partial charge is 0.497 e. The fraction of sp³-hybridized carbons (Fsp3) is 0.0909. The first kappa shape index (κ1) is 18.7. The van der Waals surface area contributed by atoms with Crippen molar-refractivity contribution in [3.8, 4) is 5.75 Å². The molecule has 0 saturated carbocycles. The van der Waals surface area contributed by atoms with Crippen molar-refractivity contribution < 1.29 is 9.53 Å². The summed E-state index contributed by atoms with van der Waals surface area (Å²) in [5.74, 6) is 0.678. The zero-order chi connectivity index (χ0) is 19.5. The van der Waals surface area contributed by atoms with Gasteiger partial charge in [-0.3, -0.25) is 9.69 Å². The van der Waals surface area contributed by atoms with Gasteiger partial charge in [0.1, 0.15) is 5.75 Å². The summed E-state index contributed by atoms with van der Waals surface area (Å²) in [6.45, 7) is 0.442. The number of carbonyl (C=O) groups excluding carboxylic acids is 1. The minimum atomic E-state index is -0.0950. The first-order valence-corrected chi connectivity index (χ1v) is 10.3. The van der Waals surface area contributed by atoms with Crippen molar-refractivity contribution in [3.63, 3.8) is 0 Å². The van der Waals surface area contributed by atoms with E-state index >= 15 is 0 Å². The Morgan fingerprint density at radius 3 is 2.57 bits per heavy atom. The van der Waals surface area contributed by atoms with Gasteiger partial charge in [0, 0.05) is 4.47 Å². The quantitative estimate of drug-likeness (QED) is 0.377. The van der Waals surface area contributed by atoms with Crippen LogP contribution in [0.4, 0.5) is 5.13 Å². The molecule has 0 fully saturated rings. The van der Waals surface area contributed by atoms with Crippen molar-refractivity contribution in [1.29, 1.82) is 0 Å². The summed E-state index contributed by atoms with van der Waals surface area (Å²) in [7, 11) is 1.64. The third kappa shape index (κ3) is 3.79. The number of hydrogen-bond acceptors (Lipinski definition) is 4. The number of anilines is 1. The normalized spacial score (nSPS) is 10.8. The van der Waals surface area contributed by atoms with E-state index in [2.05, 4.69) is 15.9 Å². The van der Waals surface area contributed by atoms with Gasteiger partial charge in [-0.1, -0.05) is 53.8 Å². The molecule has 0 N–H and O–H groups in total. The molecule has 4 aromatic rings. The molecule has 0 radical (unpaired) electrons. The van der Waals surface area contributed by atoms with Crippen LogP contribution in [0.25, 0.3) is 10.2 Å². The molecule has 0 bridgehead atoms. The van der Waals surface area contributed by atoms with Gasteiger partial charge in [0.15, 0.2) is 5.13 Å². The Bertz CT molecular complexity index is 1130. The van der Waals surface area contributed by atoms with Gasteiger partial charge in [-0.2, -0.15) is 0 Å². The lowest BCUT2D eigenvalue weighted by molar-refractivity contribution is 0.0984. The van der Waals surface area contributed by atoms with E-state index in [9.17, 15) is 4.79 Å². The minimum Gasteiger partial charge on any atom is -0.497 e. The molecule has 0 saturated heterocycles. The van der Waals surface area contributed by atoms with E-state index in [-0.39, 0.29) is 5.91 Å². The number of aromatic nitrogens is 1. The highest BCUT2D eigenvalue weighted by Gasteiger charge is 2.23. The molecule has 3 aromatic carbocycles. The smallest absolute Gasteiger partial charge is 0.261 e. The number of ether oxygens (including phenoxy) is 1. The van der Waals surface area contributed by atoms with Crippen LogP contribution in [-0.4, -0.2) is 18.0 Å². The summed E-state index contributed by atoms with van der Waals surface area (Å²) in [6, 6.07) is 23.1. The molecule has 1 amide bonds. The average molecular weight is 453 g/mol. The Morgan fingerprint density at radius 1 is 1.07 bits per heavy atom. The molecule has 0 spiro atoms. The van der Waals surface area contributed by atoms with Crippen LogP contribution in [-0.2, 0) is 6.54 Å². The van der Waals surface area contributed by atoms with Gasteiger partial charge in [-0.05, 0) is 51.8 Å². The summed E-state index contributed by atoms with van der Waals surface area (Å²) in [5, 5.41) is 0.660. The molecule has 0 unspecified atom stereocenters. The second-order valence-electron chi connectivity index (χ2n) is 6.19. The van der Waals surface area contributed by atoms with Gasteiger partial charge in [0.05, 0.1) is 29.4 Å². The maximum absolute atomic E-state index is 13.4. The van der Waals surface area contributed by atoms with Crippen molar-refractivity contribution in [2.75, 3.05) is 12.0 Å². The second-order valence-corrected chi connectivity index (χ2v) is 8.05. The Labute approximate surface area is 175 Å². The Hall–Kier alpha value is -2.70. The number of fused-ring (bicyclic) bond motifs is 1. The zero-order valence-corrected chi connectivity index (χ0v) is 17.5. The maximum atomic E-state index is 13.4. The maximum Gasteiger partial charge on any atom is 0.261 e. The average Bonchev–Trinajstić information content (AvgIpc) is 3.15. The standard InChI is InChI=1S/C22H17BrN2O2S/c1-27-16-11-12-19-20(13-16)28-22(24-19)25(14-15-7-3-2-4-8-15)21(26)17-9-5-6-10-18(17)23/h2-13H,14H2,1H3. The number of nitrogens with zero attached hydrogens (tertiary/aromatic N) is 2. The Morgan fingerprint density at radius 2 is 1.82 bits per heavy atom. The molecule has 1 heterocycles. The number of thiazole rings is 1. The molecule has 4 nitrogen and oxygen atoms in total. The lowest BCUT2D eigenvalue weighted by atomic mass is 10.1. The van der Waals surface area contributed by atoms with Crippen molar-refractivity contribution in [1.82, 2.24) is 4.98 Å².